The highest BCUT2D eigenvalue weighted by Gasteiger charge is 2.66. The molecule has 0 unspecified atom stereocenters. The Morgan fingerprint density at radius 1 is 0.960 bits per heavy atom. The van der Waals surface area contributed by atoms with Crippen LogP contribution in [0.1, 0.15) is 71.6 Å². The minimum absolute atomic E-state index is 0.111. The zero-order valence-electron chi connectivity index (χ0n) is 15.8. The number of rotatable bonds is 2. The van der Waals surface area contributed by atoms with Gasteiger partial charge in [0.1, 0.15) is 6.10 Å². The molecule has 144 valence electrons. The van der Waals surface area contributed by atoms with Crippen molar-refractivity contribution in [3.63, 3.8) is 0 Å². The molecule has 4 nitrogen and oxygen atoms in total. The summed E-state index contributed by atoms with van der Waals surface area (Å²) >= 11 is 0. The normalized spacial score (nSPS) is 56.6. The molecular weight excluding hydrogens is 316 g/mol. The maximum atomic E-state index is 11.3. The van der Waals surface area contributed by atoms with Gasteiger partial charge in [-0.25, -0.2) is 0 Å². The first-order valence-electron chi connectivity index (χ1n) is 10.5. The van der Waals surface area contributed by atoms with E-state index in [0.29, 0.717) is 35.5 Å². The SMILES string of the molecule is C[C@]12CC[C@H](O)C[C@@H]1CC[C@@H]1[C@@H]2CC[C@@]2(C)[C@H]1CC[C@]2(O)[C@H](O)CO. The highest BCUT2D eigenvalue weighted by Crippen LogP contribution is 2.68. The molecule has 4 heteroatoms. The second-order valence-electron chi connectivity index (χ2n) is 10.2. The standard InChI is InChI=1S/C21H36O4/c1-19-8-5-14(23)11-13(19)3-4-15-16(19)6-9-20(2)17(15)7-10-21(20,25)18(24)12-22/h13-18,22-25H,3-12H2,1-2H3/t13-,14-,15+,16-,17-,18+,19-,20-,21-/m0/s1. The van der Waals surface area contributed by atoms with Gasteiger partial charge in [0.05, 0.1) is 18.3 Å². The molecule has 25 heavy (non-hydrogen) atoms. The van der Waals surface area contributed by atoms with E-state index in [1.165, 1.54) is 12.8 Å². The van der Waals surface area contributed by atoms with E-state index in [1.807, 2.05) is 0 Å². The molecule has 4 aliphatic carbocycles. The molecule has 0 aromatic heterocycles. The summed E-state index contributed by atoms with van der Waals surface area (Å²) in [5, 5.41) is 41.3. The van der Waals surface area contributed by atoms with E-state index < -0.39 is 11.7 Å². The summed E-state index contributed by atoms with van der Waals surface area (Å²) in [4.78, 5) is 0. The van der Waals surface area contributed by atoms with Crippen LogP contribution in [0.25, 0.3) is 0 Å². The van der Waals surface area contributed by atoms with Crippen LogP contribution < -0.4 is 0 Å². The Bertz CT molecular complexity index is 524. The zero-order valence-corrected chi connectivity index (χ0v) is 15.8. The molecule has 0 spiro atoms. The first-order valence-corrected chi connectivity index (χ1v) is 10.5. The molecule has 4 saturated carbocycles. The molecule has 0 bridgehead atoms. The van der Waals surface area contributed by atoms with E-state index in [9.17, 15) is 20.4 Å². The minimum atomic E-state index is -1.14. The maximum absolute atomic E-state index is 11.3. The van der Waals surface area contributed by atoms with Crippen molar-refractivity contribution in [2.24, 2.45) is 34.5 Å². The summed E-state index contributed by atoms with van der Waals surface area (Å²) in [7, 11) is 0. The van der Waals surface area contributed by atoms with Crippen LogP contribution in [-0.4, -0.2) is 44.8 Å². The fraction of sp³-hybridized carbons (Fsp3) is 1.00. The van der Waals surface area contributed by atoms with Crippen molar-refractivity contribution in [1.82, 2.24) is 0 Å². The molecule has 4 aliphatic rings. The summed E-state index contributed by atoms with van der Waals surface area (Å²) < 4.78 is 0. The smallest absolute Gasteiger partial charge is 0.106 e. The van der Waals surface area contributed by atoms with Gasteiger partial charge in [0.2, 0.25) is 0 Å². The second kappa shape index (κ2) is 5.92. The Kier molecular flexibility index (Phi) is 4.31. The Balaban J connectivity index is 1.62. The summed E-state index contributed by atoms with van der Waals surface area (Å²) in [6, 6.07) is 0. The Hall–Kier alpha value is -0.160. The highest BCUT2D eigenvalue weighted by atomic mass is 16.4. The van der Waals surface area contributed by atoms with Gasteiger partial charge in [-0.1, -0.05) is 13.8 Å². The lowest BCUT2D eigenvalue weighted by atomic mass is 9.44. The quantitative estimate of drug-likeness (QED) is 0.615. The average molecular weight is 353 g/mol. The van der Waals surface area contributed by atoms with Crippen LogP contribution in [0.4, 0.5) is 0 Å². The van der Waals surface area contributed by atoms with Gasteiger partial charge in [0.25, 0.3) is 0 Å². The van der Waals surface area contributed by atoms with Crippen LogP contribution in [0, 0.1) is 34.5 Å². The molecule has 0 aromatic carbocycles. The van der Waals surface area contributed by atoms with Gasteiger partial charge >= 0.3 is 0 Å². The lowest BCUT2D eigenvalue weighted by Gasteiger charge is -2.61. The Morgan fingerprint density at radius 2 is 1.68 bits per heavy atom. The number of aliphatic hydroxyl groups excluding tert-OH is 3. The van der Waals surface area contributed by atoms with Crippen molar-refractivity contribution in [3.05, 3.63) is 0 Å². The zero-order chi connectivity index (χ0) is 18.0. The number of hydrogen-bond acceptors (Lipinski definition) is 4. The van der Waals surface area contributed by atoms with Crippen molar-refractivity contribution in [1.29, 1.82) is 0 Å². The summed E-state index contributed by atoms with van der Waals surface area (Å²) in [5.74, 6) is 2.40. The third-order valence-corrected chi connectivity index (χ3v) is 9.58. The average Bonchev–Trinajstić information content (AvgIpc) is 2.87. The van der Waals surface area contributed by atoms with Gasteiger partial charge in [-0.3, -0.25) is 0 Å². The molecule has 4 fully saturated rings. The number of fused-ring (bicyclic) bond motifs is 5. The van der Waals surface area contributed by atoms with E-state index in [0.717, 1.165) is 38.5 Å². The summed E-state index contributed by atoms with van der Waals surface area (Å²) in [5.41, 5.74) is -1.09. The second-order valence-corrected chi connectivity index (χ2v) is 10.2. The predicted molar refractivity (Wildman–Crippen MR) is 95.8 cm³/mol. The Labute approximate surface area is 151 Å². The molecule has 0 heterocycles. The first-order chi connectivity index (χ1) is 11.8. The maximum Gasteiger partial charge on any atom is 0.106 e. The fourth-order valence-corrected chi connectivity index (χ4v) is 7.98. The van der Waals surface area contributed by atoms with E-state index in [2.05, 4.69) is 13.8 Å². The molecule has 0 saturated heterocycles. The summed E-state index contributed by atoms with van der Waals surface area (Å²) in [6.07, 6.45) is 7.92. The number of aliphatic hydroxyl groups is 4. The van der Waals surface area contributed by atoms with E-state index in [4.69, 9.17) is 0 Å². The largest absolute Gasteiger partial charge is 0.394 e. The molecule has 0 aliphatic heterocycles. The molecule has 0 radical (unpaired) electrons. The van der Waals surface area contributed by atoms with E-state index in [1.54, 1.807) is 0 Å². The predicted octanol–water partition coefficient (Wildman–Crippen LogP) is 2.47. The molecule has 9 atom stereocenters. The highest BCUT2D eigenvalue weighted by molar-refractivity contribution is 5.15. The Morgan fingerprint density at radius 3 is 2.40 bits per heavy atom. The fourth-order valence-electron chi connectivity index (χ4n) is 7.98. The molecule has 0 aromatic rings. The van der Waals surface area contributed by atoms with Crippen molar-refractivity contribution >= 4 is 0 Å². The third-order valence-electron chi connectivity index (χ3n) is 9.58. The topological polar surface area (TPSA) is 80.9 Å². The van der Waals surface area contributed by atoms with Gasteiger partial charge in [-0.2, -0.15) is 0 Å². The van der Waals surface area contributed by atoms with Crippen LogP contribution in [0.2, 0.25) is 0 Å². The van der Waals surface area contributed by atoms with E-state index in [-0.39, 0.29) is 18.1 Å². The van der Waals surface area contributed by atoms with Crippen LogP contribution >= 0.6 is 0 Å². The molecule has 4 N–H and O–H groups in total. The lowest BCUT2D eigenvalue weighted by molar-refractivity contribution is -0.196. The van der Waals surface area contributed by atoms with Crippen LogP contribution in [-0.2, 0) is 0 Å². The van der Waals surface area contributed by atoms with Crippen LogP contribution in [0.3, 0.4) is 0 Å². The van der Waals surface area contributed by atoms with Crippen molar-refractivity contribution in [3.8, 4) is 0 Å². The third kappa shape index (κ3) is 2.33. The van der Waals surface area contributed by atoms with Gasteiger partial charge in [-0.05, 0) is 86.9 Å². The van der Waals surface area contributed by atoms with Gasteiger partial charge < -0.3 is 20.4 Å². The van der Waals surface area contributed by atoms with E-state index >= 15 is 0 Å². The van der Waals surface area contributed by atoms with Gasteiger partial charge in [0.15, 0.2) is 0 Å². The minimum Gasteiger partial charge on any atom is -0.394 e. The van der Waals surface area contributed by atoms with Crippen LogP contribution in [0.15, 0.2) is 0 Å². The molecule has 0 amide bonds. The van der Waals surface area contributed by atoms with Crippen molar-refractivity contribution in [2.75, 3.05) is 6.61 Å². The summed E-state index contributed by atoms with van der Waals surface area (Å²) in [6.45, 7) is 4.27. The van der Waals surface area contributed by atoms with Crippen LogP contribution in [0.5, 0.6) is 0 Å². The monoisotopic (exact) mass is 352 g/mol. The van der Waals surface area contributed by atoms with Crippen molar-refractivity contribution in [2.45, 2.75) is 89.4 Å². The molecular formula is C21H36O4. The number of hydrogen-bond donors (Lipinski definition) is 4. The van der Waals surface area contributed by atoms with Crippen molar-refractivity contribution < 1.29 is 20.4 Å². The molecule has 4 rings (SSSR count). The van der Waals surface area contributed by atoms with Gasteiger partial charge in [-0.15, -0.1) is 0 Å². The lowest BCUT2D eigenvalue weighted by Crippen LogP contribution is -2.60. The van der Waals surface area contributed by atoms with Gasteiger partial charge in [0, 0.05) is 5.41 Å². The first kappa shape index (κ1) is 18.2.